The van der Waals surface area contributed by atoms with Crippen molar-refractivity contribution in [2.45, 2.75) is 50.7 Å². The lowest BCUT2D eigenvalue weighted by molar-refractivity contribution is -0.133. The number of carboxylic acid groups (broad SMARTS) is 1. The van der Waals surface area contributed by atoms with Crippen LogP contribution in [0.2, 0.25) is 0 Å². The summed E-state index contributed by atoms with van der Waals surface area (Å²) in [5, 5.41) is 17.8. The normalized spacial score (nSPS) is 16.3. The van der Waals surface area contributed by atoms with E-state index in [9.17, 15) is 4.79 Å². The van der Waals surface area contributed by atoms with Crippen LogP contribution in [0.15, 0.2) is 5.16 Å². The van der Waals surface area contributed by atoms with E-state index >= 15 is 0 Å². The molecule has 1 heterocycles. The molecule has 0 saturated heterocycles. The summed E-state index contributed by atoms with van der Waals surface area (Å²) in [5.41, 5.74) is 0. The molecule has 2 rings (SSSR count). The third-order valence-electron chi connectivity index (χ3n) is 3.35. The summed E-state index contributed by atoms with van der Waals surface area (Å²) in [6.07, 6.45) is 6.00. The van der Waals surface area contributed by atoms with Gasteiger partial charge in [-0.05, 0) is 18.8 Å². The van der Waals surface area contributed by atoms with Gasteiger partial charge in [0.05, 0.1) is 5.75 Å². The molecular weight excluding hydrogens is 250 g/mol. The second kappa shape index (κ2) is 6.22. The largest absolute Gasteiger partial charge is 0.481 e. The van der Waals surface area contributed by atoms with Gasteiger partial charge in [0.25, 0.3) is 0 Å². The summed E-state index contributed by atoms with van der Waals surface area (Å²) in [6.45, 7) is 3.00. The standard InChI is InChI=1S/C12H19N3O2S/c1-2-10-13-14-12(18-8-11(16)17)15(10)7-9-5-3-4-6-9/h9H,2-8H2,1H3,(H,16,17). The molecule has 0 spiro atoms. The molecule has 1 aliphatic carbocycles. The number of thioether (sulfide) groups is 1. The topological polar surface area (TPSA) is 68.0 Å². The zero-order valence-corrected chi connectivity index (χ0v) is 11.4. The van der Waals surface area contributed by atoms with E-state index in [0.717, 1.165) is 23.9 Å². The minimum Gasteiger partial charge on any atom is -0.481 e. The molecule has 1 aromatic heterocycles. The average molecular weight is 269 g/mol. The van der Waals surface area contributed by atoms with E-state index in [4.69, 9.17) is 5.11 Å². The van der Waals surface area contributed by atoms with Crippen LogP contribution in [0.25, 0.3) is 0 Å². The van der Waals surface area contributed by atoms with E-state index in [0.29, 0.717) is 5.92 Å². The molecule has 0 aliphatic heterocycles. The van der Waals surface area contributed by atoms with Crippen molar-refractivity contribution in [3.05, 3.63) is 5.82 Å². The molecule has 5 nitrogen and oxygen atoms in total. The van der Waals surface area contributed by atoms with Gasteiger partial charge < -0.3 is 9.67 Å². The Balaban J connectivity index is 2.08. The maximum absolute atomic E-state index is 10.6. The van der Waals surface area contributed by atoms with Crippen molar-refractivity contribution in [1.82, 2.24) is 14.8 Å². The highest BCUT2D eigenvalue weighted by atomic mass is 32.2. The van der Waals surface area contributed by atoms with Gasteiger partial charge >= 0.3 is 5.97 Å². The molecule has 0 unspecified atom stereocenters. The fourth-order valence-electron chi connectivity index (χ4n) is 2.45. The van der Waals surface area contributed by atoms with Gasteiger partial charge in [-0.3, -0.25) is 4.79 Å². The predicted molar refractivity (Wildman–Crippen MR) is 69.7 cm³/mol. The van der Waals surface area contributed by atoms with Gasteiger partial charge in [-0.15, -0.1) is 10.2 Å². The van der Waals surface area contributed by atoms with Crippen LogP contribution in [0, 0.1) is 5.92 Å². The lowest BCUT2D eigenvalue weighted by atomic mass is 10.1. The number of aromatic nitrogens is 3. The molecule has 1 aromatic rings. The second-order valence-corrected chi connectivity index (χ2v) is 5.64. The van der Waals surface area contributed by atoms with Crippen LogP contribution < -0.4 is 0 Å². The Morgan fingerprint density at radius 1 is 1.44 bits per heavy atom. The highest BCUT2D eigenvalue weighted by Gasteiger charge is 2.20. The zero-order valence-electron chi connectivity index (χ0n) is 10.6. The Morgan fingerprint density at radius 2 is 2.17 bits per heavy atom. The highest BCUT2D eigenvalue weighted by Crippen LogP contribution is 2.28. The van der Waals surface area contributed by atoms with Crippen LogP contribution in [0.3, 0.4) is 0 Å². The first-order chi connectivity index (χ1) is 8.70. The van der Waals surface area contributed by atoms with Crippen molar-refractivity contribution in [3.63, 3.8) is 0 Å². The van der Waals surface area contributed by atoms with E-state index in [1.54, 1.807) is 0 Å². The van der Waals surface area contributed by atoms with Crippen LogP contribution in [0.4, 0.5) is 0 Å². The smallest absolute Gasteiger partial charge is 0.313 e. The molecule has 1 saturated carbocycles. The van der Waals surface area contributed by atoms with E-state index in [2.05, 4.69) is 21.7 Å². The summed E-state index contributed by atoms with van der Waals surface area (Å²) < 4.78 is 2.11. The fourth-order valence-corrected chi connectivity index (χ4v) is 3.13. The molecule has 1 N–H and O–H groups in total. The number of rotatable bonds is 6. The number of aliphatic carboxylic acids is 1. The summed E-state index contributed by atoms with van der Waals surface area (Å²) >= 11 is 1.26. The SMILES string of the molecule is CCc1nnc(SCC(=O)O)n1CC1CCCC1. The summed E-state index contributed by atoms with van der Waals surface area (Å²) in [6, 6.07) is 0. The van der Waals surface area contributed by atoms with E-state index < -0.39 is 5.97 Å². The van der Waals surface area contributed by atoms with Crippen LogP contribution >= 0.6 is 11.8 Å². The second-order valence-electron chi connectivity index (χ2n) is 4.70. The van der Waals surface area contributed by atoms with Crippen LogP contribution in [0.1, 0.15) is 38.4 Å². The highest BCUT2D eigenvalue weighted by molar-refractivity contribution is 7.99. The fraction of sp³-hybridized carbons (Fsp3) is 0.750. The van der Waals surface area contributed by atoms with Gasteiger partial charge in [-0.1, -0.05) is 31.5 Å². The monoisotopic (exact) mass is 269 g/mol. The minimum absolute atomic E-state index is 0.0481. The molecule has 0 radical (unpaired) electrons. The van der Waals surface area contributed by atoms with Gasteiger partial charge in [0.1, 0.15) is 5.82 Å². The lowest BCUT2D eigenvalue weighted by Gasteiger charge is -2.13. The molecule has 6 heteroatoms. The van der Waals surface area contributed by atoms with Gasteiger partial charge in [0.15, 0.2) is 5.16 Å². The molecule has 0 bridgehead atoms. The Hall–Kier alpha value is -1.04. The molecule has 0 aromatic carbocycles. The quantitative estimate of drug-likeness (QED) is 0.802. The van der Waals surface area contributed by atoms with Crippen molar-refractivity contribution >= 4 is 17.7 Å². The molecule has 1 aliphatic rings. The first-order valence-corrected chi connectivity index (χ1v) is 7.46. The van der Waals surface area contributed by atoms with Crippen molar-refractivity contribution in [2.75, 3.05) is 5.75 Å². The molecule has 100 valence electrons. The van der Waals surface area contributed by atoms with Crippen LogP contribution in [-0.4, -0.2) is 31.6 Å². The van der Waals surface area contributed by atoms with Gasteiger partial charge in [-0.2, -0.15) is 0 Å². The van der Waals surface area contributed by atoms with E-state index in [-0.39, 0.29) is 5.75 Å². The van der Waals surface area contributed by atoms with Crippen molar-refractivity contribution in [2.24, 2.45) is 5.92 Å². The molecular formula is C12H19N3O2S. The summed E-state index contributed by atoms with van der Waals surface area (Å²) in [5.74, 6) is 0.908. The Morgan fingerprint density at radius 3 is 2.78 bits per heavy atom. The molecule has 18 heavy (non-hydrogen) atoms. The minimum atomic E-state index is -0.812. The predicted octanol–water partition coefficient (Wildman–Crippen LogP) is 2.21. The Bertz CT molecular complexity index is 413. The van der Waals surface area contributed by atoms with Crippen molar-refractivity contribution in [1.29, 1.82) is 0 Å². The third-order valence-corrected chi connectivity index (χ3v) is 4.30. The van der Waals surface area contributed by atoms with Crippen LogP contribution in [0.5, 0.6) is 0 Å². The van der Waals surface area contributed by atoms with Crippen molar-refractivity contribution < 1.29 is 9.90 Å². The van der Waals surface area contributed by atoms with E-state index in [1.807, 2.05) is 0 Å². The van der Waals surface area contributed by atoms with Gasteiger partial charge in [0.2, 0.25) is 0 Å². The third kappa shape index (κ3) is 3.25. The van der Waals surface area contributed by atoms with Crippen molar-refractivity contribution in [3.8, 4) is 0 Å². The summed E-state index contributed by atoms with van der Waals surface area (Å²) in [7, 11) is 0. The maximum atomic E-state index is 10.6. The Kier molecular flexibility index (Phi) is 4.63. The van der Waals surface area contributed by atoms with E-state index in [1.165, 1.54) is 37.4 Å². The zero-order chi connectivity index (χ0) is 13.0. The number of nitrogens with zero attached hydrogens (tertiary/aromatic N) is 3. The number of carboxylic acids is 1. The number of aryl methyl sites for hydroxylation is 1. The molecule has 1 fully saturated rings. The first-order valence-electron chi connectivity index (χ1n) is 6.47. The molecule has 0 amide bonds. The lowest BCUT2D eigenvalue weighted by Crippen LogP contribution is -2.12. The van der Waals surface area contributed by atoms with Gasteiger partial charge in [-0.25, -0.2) is 0 Å². The number of hydrogen-bond donors (Lipinski definition) is 1. The number of hydrogen-bond acceptors (Lipinski definition) is 4. The average Bonchev–Trinajstić information content (AvgIpc) is 2.97. The Labute approximate surface area is 111 Å². The van der Waals surface area contributed by atoms with Crippen LogP contribution in [-0.2, 0) is 17.8 Å². The summed E-state index contributed by atoms with van der Waals surface area (Å²) in [4.78, 5) is 10.6. The number of carbonyl (C=O) groups is 1. The van der Waals surface area contributed by atoms with Gasteiger partial charge in [0, 0.05) is 13.0 Å². The first kappa shape index (κ1) is 13.4. The molecule has 0 atom stereocenters. The maximum Gasteiger partial charge on any atom is 0.313 e.